The average molecular weight is 247 g/mol. The molecule has 1 fully saturated rings. The summed E-state index contributed by atoms with van der Waals surface area (Å²) in [6.45, 7) is 6.13. The van der Waals surface area contributed by atoms with Gasteiger partial charge in [0.1, 0.15) is 9.84 Å². The van der Waals surface area contributed by atoms with Crippen LogP contribution >= 0.6 is 0 Å². The number of hydrogen-bond donors (Lipinski definition) is 1. The van der Waals surface area contributed by atoms with Crippen LogP contribution in [-0.4, -0.2) is 32.0 Å². The van der Waals surface area contributed by atoms with Crippen molar-refractivity contribution in [3.63, 3.8) is 0 Å². The minimum Gasteiger partial charge on any atom is -0.311 e. The van der Waals surface area contributed by atoms with Crippen molar-refractivity contribution in [3.8, 4) is 0 Å². The molecular weight excluding hydrogens is 222 g/mol. The molecule has 0 heterocycles. The van der Waals surface area contributed by atoms with E-state index in [1.807, 2.05) is 0 Å². The molecule has 1 aliphatic carbocycles. The Hall–Kier alpha value is -0.0900. The van der Waals surface area contributed by atoms with E-state index in [4.69, 9.17) is 0 Å². The molecule has 2 unspecified atom stereocenters. The highest BCUT2D eigenvalue weighted by Gasteiger charge is 2.24. The molecule has 0 aromatic heterocycles. The van der Waals surface area contributed by atoms with Crippen molar-refractivity contribution in [3.05, 3.63) is 0 Å². The predicted octanol–water partition coefficient (Wildman–Crippen LogP) is 1.98. The highest BCUT2D eigenvalue weighted by atomic mass is 32.2. The van der Waals surface area contributed by atoms with Crippen LogP contribution in [0.3, 0.4) is 0 Å². The Morgan fingerprint density at radius 1 is 1.31 bits per heavy atom. The van der Waals surface area contributed by atoms with Crippen LogP contribution in [0.25, 0.3) is 0 Å². The summed E-state index contributed by atoms with van der Waals surface area (Å²) in [4.78, 5) is 0. The highest BCUT2D eigenvalue weighted by molar-refractivity contribution is 7.91. The third-order valence-electron chi connectivity index (χ3n) is 3.48. The first-order valence-electron chi connectivity index (χ1n) is 6.41. The van der Waals surface area contributed by atoms with Crippen molar-refractivity contribution in [1.29, 1.82) is 0 Å². The maximum atomic E-state index is 11.3. The molecule has 0 saturated heterocycles. The fourth-order valence-corrected chi connectivity index (χ4v) is 2.70. The summed E-state index contributed by atoms with van der Waals surface area (Å²) in [5.41, 5.74) is 0. The van der Waals surface area contributed by atoms with E-state index in [1.54, 1.807) is 6.92 Å². The lowest BCUT2D eigenvalue weighted by Crippen LogP contribution is -2.33. The molecule has 0 aromatic carbocycles. The van der Waals surface area contributed by atoms with Gasteiger partial charge < -0.3 is 5.32 Å². The summed E-state index contributed by atoms with van der Waals surface area (Å²) in [6, 6.07) is 1.24. The van der Waals surface area contributed by atoms with Crippen molar-refractivity contribution < 1.29 is 8.42 Å². The molecule has 16 heavy (non-hydrogen) atoms. The molecular formula is C12H25NO2S. The van der Waals surface area contributed by atoms with Gasteiger partial charge in [-0.05, 0) is 38.5 Å². The van der Waals surface area contributed by atoms with E-state index in [9.17, 15) is 8.42 Å². The molecule has 3 nitrogen and oxygen atoms in total. The third kappa shape index (κ3) is 5.30. The molecule has 0 radical (unpaired) electrons. The standard InChI is InChI=1S/C12H25NO2S/c1-4-16(14,15)9-5-6-10(2)11(3)13-12-7-8-12/h10-13H,4-9H2,1-3H3. The minimum absolute atomic E-state index is 0.275. The summed E-state index contributed by atoms with van der Waals surface area (Å²) >= 11 is 0. The van der Waals surface area contributed by atoms with Crippen LogP contribution in [0.4, 0.5) is 0 Å². The Bertz CT molecular complexity index is 296. The number of nitrogens with one attached hydrogen (secondary N) is 1. The van der Waals surface area contributed by atoms with Gasteiger partial charge in [-0.25, -0.2) is 8.42 Å². The first kappa shape index (κ1) is 14.0. The van der Waals surface area contributed by atoms with Crippen molar-refractivity contribution in [1.82, 2.24) is 5.32 Å². The van der Waals surface area contributed by atoms with Crippen LogP contribution in [0, 0.1) is 5.92 Å². The normalized spacial score (nSPS) is 20.7. The zero-order chi connectivity index (χ0) is 12.2. The maximum Gasteiger partial charge on any atom is 0.150 e. The van der Waals surface area contributed by atoms with Gasteiger partial charge in [-0.1, -0.05) is 13.8 Å². The zero-order valence-electron chi connectivity index (χ0n) is 10.7. The first-order valence-corrected chi connectivity index (χ1v) is 8.23. The van der Waals surface area contributed by atoms with E-state index in [2.05, 4.69) is 19.2 Å². The quantitative estimate of drug-likeness (QED) is 0.713. The molecule has 0 spiro atoms. The Kier molecular flexibility index (Phi) is 5.25. The minimum atomic E-state index is -2.77. The first-order chi connectivity index (χ1) is 7.44. The van der Waals surface area contributed by atoms with Gasteiger partial charge in [0.05, 0.1) is 5.75 Å². The Labute approximate surface area is 99.9 Å². The second-order valence-corrected chi connectivity index (χ2v) is 7.56. The summed E-state index contributed by atoms with van der Waals surface area (Å²) in [6.07, 6.45) is 4.41. The molecule has 0 amide bonds. The lowest BCUT2D eigenvalue weighted by atomic mass is 9.98. The average Bonchev–Trinajstić information content (AvgIpc) is 3.01. The second kappa shape index (κ2) is 6.01. The van der Waals surface area contributed by atoms with Crippen molar-refractivity contribution in [2.75, 3.05) is 11.5 Å². The van der Waals surface area contributed by atoms with Gasteiger partial charge in [0.15, 0.2) is 0 Å². The highest BCUT2D eigenvalue weighted by Crippen LogP contribution is 2.22. The van der Waals surface area contributed by atoms with Gasteiger partial charge in [-0.2, -0.15) is 0 Å². The van der Waals surface area contributed by atoms with Gasteiger partial charge in [-0.3, -0.25) is 0 Å². The third-order valence-corrected chi connectivity index (χ3v) is 5.27. The molecule has 0 aromatic rings. The summed E-state index contributed by atoms with van der Waals surface area (Å²) in [7, 11) is -2.77. The monoisotopic (exact) mass is 247 g/mol. The SMILES string of the molecule is CCS(=O)(=O)CCCC(C)C(C)NC1CC1. The van der Waals surface area contributed by atoms with Crippen molar-refractivity contribution in [2.24, 2.45) is 5.92 Å². The Morgan fingerprint density at radius 3 is 2.44 bits per heavy atom. The van der Waals surface area contributed by atoms with Gasteiger partial charge in [-0.15, -0.1) is 0 Å². The van der Waals surface area contributed by atoms with Crippen LogP contribution in [0.2, 0.25) is 0 Å². The van der Waals surface area contributed by atoms with Crippen LogP contribution in [0.15, 0.2) is 0 Å². The number of sulfone groups is 1. The van der Waals surface area contributed by atoms with Crippen LogP contribution < -0.4 is 5.32 Å². The van der Waals surface area contributed by atoms with Crippen molar-refractivity contribution >= 4 is 9.84 Å². The van der Waals surface area contributed by atoms with Gasteiger partial charge in [0.25, 0.3) is 0 Å². The summed E-state index contributed by atoms with van der Waals surface area (Å²) in [5, 5.41) is 3.57. The topological polar surface area (TPSA) is 46.2 Å². The molecule has 96 valence electrons. The molecule has 4 heteroatoms. The van der Waals surface area contributed by atoms with E-state index < -0.39 is 9.84 Å². The number of hydrogen-bond acceptors (Lipinski definition) is 3. The second-order valence-electron chi connectivity index (χ2n) is 5.09. The molecule has 1 saturated carbocycles. The molecule has 2 atom stereocenters. The fourth-order valence-electron chi connectivity index (χ4n) is 1.81. The number of rotatable bonds is 8. The van der Waals surface area contributed by atoms with E-state index >= 15 is 0 Å². The van der Waals surface area contributed by atoms with E-state index in [1.165, 1.54) is 12.8 Å². The lowest BCUT2D eigenvalue weighted by molar-refractivity contribution is 0.374. The molecule has 1 aliphatic rings. The Morgan fingerprint density at radius 2 is 1.94 bits per heavy atom. The smallest absolute Gasteiger partial charge is 0.150 e. The maximum absolute atomic E-state index is 11.3. The van der Waals surface area contributed by atoms with Gasteiger partial charge in [0.2, 0.25) is 0 Å². The molecule has 1 N–H and O–H groups in total. The van der Waals surface area contributed by atoms with E-state index in [-0.39, 0.29) is 5.75 Å². The van der Waals surface area contributed by atoms with Crippen molar-refractivity contribution in [2.45, 2.75) is 58.5 Å². The lowest BCUT2D eigenvalue weighted by Gasteiger charge is -2.21. The summed E-state index contributed by atoms with van der Waals surface area (Å²) in [5.74, 6) is 1.19. The van der Waals surface area contributed by atoms with Gasteiger partial charge >= 0.3 is 0 Å². The predicted molar refractivity (Wildman–Crippen MR) is 68.3 cm³/mol. The molecule has 0 bridgehead atoms. The molecule has 0 aliphatic heterocycles. The fraction of sp³-hybridized carbons (Fsp3) is 1.00. The Balaban J connectivity index is 2.15. The van der Waals surface area contributed by atoms with Crippen LogP contribution in [-0.2, 0) is 9.84 Å². The van der Waals surface area contributed by atoms with Gasteiger partial charge in [0, 0.05) is 17.8 Å². The van der Waals surface area contributed by atoms with E-state index in [0.717, 1.165) is 18.9 Å². The van der Waals surface area contributed by atoms with Crippen LogP contribution in [0.5, 0.6) is 0 Å². The molecule has 1 rings (SSSR count). The summed E-state index contributed by atoms with van der Waals surface area (Å²) < 4.78 is 22.6. The van der Waals surface area contributed by atoms with E-state index in [0.29, 0.717) is 17.7 Å². The largest absolute Gasteiger partial charge is 0.311 e. The zero-order valence-corrected chi connectivity index (χ0v) is 11.5. The van der Waals surface area contributed by atoms with Crippen LogP contribution in [0.1, 0.15) is 46.5 Å².